The molecule has 1 saturated carbocycles. The van der Waals surface area contributed by atoms with Crippen molar-refractivity contribution in [3.63, 3.8) is 0 Å². The second-order valence-corrected chi connectivity index (χ2v) is 5.86. The van der Waals surface area contributed by atoms with Crippen molar-refractivity contribution in [2.45, 2.75) is 44.8 Å². The van der Waals surface area contributed by atoms with E-state index in [4.69, 9.17) is 4.74 Å². The van der Waals surface area contributed by atoms with E-state index in [2.05, 4.69) is 22.4 Å². The molecule has 0 aliphatic heterocycles. The van der Waals surface area contributed by atoms with Crippen molar-refractivity contribution < 1.29 is 9.53 Å². The summed E-state index contributed by atoms with van der Waals surface area (Å²) in [7, 11) is 0. The van der Waals surface area contributed by atoms with Crippen molar-refractivity contribution in [3.8, 4) is 5.75 Å². The van der Waals surface area contributed by atoms with E-state index in [1.54, 1.807) is 6.07 Å². The second kappa shape index (κ2) is 6.22. The van der Waals surface area contributed by atoms with Gasteiger partial charge < -0.3 is 10.1 Å². The van der Waals surface area contributed by atoms with Crippen LogP contribution in [0.25, 0.3) is 0 Å². The van der Waals surface area contributed by atoms with E-state index in [0.717, 1.165) is 37.1 Å². The van der Waals surface area contributed by atoms with Crippen molar-refractivity contribution in [1.29, 1.82) is 0 Å². The molecule has 3 rings (SSSR count). The number of carbonyl (C=O) groups is 1. The smallest absolute Gasteiger partial charge is 0.272 e. The molecule has 0 bridgehead atoms. The molecule has 1 amide bonds. The molecule has 2 aromatic rings. The molecule has 0 saturated heterocycles. The SMILES string of the molecule is CCCC1(NC(=O)c2cc(COc3ccccc3)[nH]n2)CC1. The normalized spacial score (nSPS) is 15.3. The Labute approximate surface area is 130 Å². The number of ether oxygens (including phenoxy) is 1. The standard InChI is InChI=1S/C17H21N3O2/c1-2-8-17(9-10-17)18-16(21)15-11-13(19-20-15)12-22-14-6-4-3-5-7-14/h3-7,11H,2,8-10,12H2,1H3,(H,18,21)(H,19,20). The molecule has 116 valence electrons. The fourth-order valence-electron chi connectivity index (χ4n) is 2.60. The summed E-state index contributed by atoms with van der Waals surface area (Å²) < 4.78 is 5.63. The molecule has 2 N–H and O–H groups in total. The number of aromatic nitrogens is 2. The quantitative estimate of drug-likeness (QED) is 0.825. The Kier molecular flexibility index (Phi) is 4.13. The van der Waals surface area contributed by atoms with Crippen molar-refractivity contribution in [2.24, 2.45) is 0 Å². The molecule has 22 heavy (non-hydrogen) atoms. The molecule has 0 spiro atoms. The number of para-hydroxylation sites is 1. The number of carbonyl (C=O) groups excluding carboxylic acids is 1. The summed E-state index contributed by atoms with van der Waals surface area (Å²) in [6.07, 6.45) is 4.26. The number of aromatic amines is 1. The molecule has 1 aliphatic carbocycles. The first kappa shape index (κ1) is 14.6. The maximum Gasteiger partial charge on any atom is 0.272 e. The zero-order chi connectivity index (χ0) is 15.4. The van der Waals surface area contributed by atoms with Gasteiger partial charge in [0.2, 0.25) is 0 Å². The van der Waals surface area contributed by atoms with Gasteiger partial charge in [-0.15, -0.1) is 0 Å². The number of nitrogens with one attached hydrogen (secondary N) is 2. The van der Waals surface area contributed by atoms with Crippen LogP contribution in [-0.4, -0.2) is 21.6 Å². The summed E-state index contributed by atoms with van der Waals surface area (Å²) in [5.41, 5.74) is 1.23. The van der Waals surface area contributed by atoms with Gasteiger partial charge in [-0.1, -0.05) is 31.5 Å². The maximum atomic E-state index is 12.2. The molecule has 0 radical (unpaired) electrons. The van der Waals surface area contributed by atoms with E-state index in [-0.39, 0.29) is 11.4 Å². The highest BCUT2D eigenvalue weighted by molar-refractivity contribution is 5.93. The summed E-state index contributed by atoms with van der Waals surface area (Å²) >= 11 is 0. The van der Waals surface area contributed by atoms with Gasteiger partial charge in [-0.25, -0.2) is 0 Å². The molecule has 1 aliphatic rings. The van der Waals surface area contributed by atoms with Gasteiger partial charge in [0.1, 0.15) is 18.1 Å². The lowest BCUT2D eigenvalue weighted by Gasteiger charge is -2.15. The van der Waals surface area contributed by atoms with Gasteiger partial charge in [-0.2, -0.15) is 5.10 Å². The van der Waals surface area contributed by atoms with Crippen LogP contribution >= 0.6 is 0 Å². The van der Waals surface area contributed by atoms with Gasteiger partial charge in [-0.3, -0.25) is 9.89 Å². The highest BCUT2D eigenvalue weighted by Crippen LogP contribution is 2.39. The molecule has 1 fully saturated rings. The lowest BCUT2D eigenvalue weighted by atomic mass is 10.1. The van der Waals surface area contributed by atoms with Crippen LogP contribution in [0.5, 0.6) is 5.75 Å². The van der Waals surface area contributed by atoms with E-state index in [0.29, 0.717) is 12.3 Å². The lowest BCUT2D eigenvalue weighted by molar-refractivity contribution is 0.0924. The molecule has 0 unspecified atom stereocenters. The molecular weight excluding hydrogens is 278 g/mol. The van der Waals surface area contributed by atoms with Crippen LogP contribution in [0.3, 0.4) is 0 Å². The first-order chi connectivity index (χ1) is 10.7. The minimum absolute atomic E-state index is 0.0193. The van der Waals surface area contributed by atoms with E-state index in [1.807, 2.05) is 30.3 Å². The Morgan fingerprint density at radius 3 is 2.82 bits per heavy atom. The summed E-state index contributed by atoms with van der Waals surface area (Å²) in [5, 5.41) is 10.1. The zero-order valence-corrected chi connectivity index (χ0v) is 12.8. The number of H-pyrrole nitrogens is 1. The largest absolute Gasteiger partial charge is 0.487 e. The van der Waals surface area contributed by atoms with Crippen LogP contribution < -0.4 is 10.1 Å². The first-order valence-corrected chi connectivity index (χ1v) is 7.75. The molecule has 1 aromatic carbocycles. The third-order valence-corrected chi connectivity index (χ3v) is 3.96. The number of amides is 1. The first-order valence-electron chi connectivity index (χ1n) is 7.75. The second-order valence-electron chi connectivity index (χ2n) is 5.86. The van der Waals surface area contributed by atoms with E-state index >= 15 is 0 Å². The van der Waals surface area contributed by atoms with Gasteiger partial charge in [0.15, 0.2) is 0 Å². The van der Waals surface area contributed by atoms with Crippen LogP contribution in [0.1, 0.15) is 48.8 Å². The Morgan fingerprint density at radius 1 is 1.36 bits per heavy atom. The molecule has 5 nitrogen and oxygen atoms in total. The van der Waals surface area contributed by atoms with Crippen LogP contribution in [0.4, 0.5) is 0 Å². The monoisotopic (exact) mass is 299 g/mol. The lowest BCUT2D eigenvalue weighted by Crippen LogP contribution is -2.36. The van der Waals surface area contributed by atoms with Gasteiger partial charge in [-0.05, 0) is 37.5 Å². The van der Waals surface area contributed by atoms with Crippen molar-refractivity contribution in [3.05, 3.63) is 47.8 Å². The number of nitrogens with zero attached hydrogens (tertiary/aromatic N) is 1. The Balaban J connectivity index is 1.55. The van der Waals surface area contributed by atoms with E-state index in [1.165, 1.54) is 0 Å². The summed E-state index contributed by atoms with van der Waals surface area (Å²) in [6.45, 7) is 2.50. The number of hydrogen-bond donors (Lipinski definition) is 2. The van der Waals surface area contributed by atoms with Gasteiger partial charge in [0, 0.05) is 5.54 Å². The highest BCUT2D eigenvalue weighted by Gasteiger charge is 2.43. The fourth-order valence-corrected chi connectivity index (χ4v) is 2.60. The number of rotatable bonds is 7. The minimum atomic E-state index is -0.104. The molecule has 1 heterocycles. The van der Waals surface area contributed by atoms with Crippen LogP contribution in [0.15, 0.2) is 36.4 Å². The predicted octanol–water partition coefficient (Wildman–Crippen LogP) is 3.05. The topological polar surface area (TPSA) is 67.0 Å². The predicted molar refractivity (Wildman–Crippen MR) is 83.7 cm³/mol. The molecular formula is C17H21N3O2. The number of benzene rings is 1. The Morgan fingerprint density at radius 2 is 2.14 bits per heavy atom. The summed E-state index contributed by atoms with van der Waals surface area (Å²) in [4.78, 5) is 12.2. The summed E-state index contributed by atoms with van der Waals surface area (Å²) in [6, 6.07) is 11.3. The molecule has 0 atom stereocenters. The average molecular weight is 299 g/mol. The van der Waals surface area contributed by atoms with Gasteiger partial charge in [0.25, 0.3) is 5.91 Å². The van der Waals surface area contributed by atoms with Gasteiger partial charge in [0.05, 0.1) is 5.69 Å². The van der Waals surface area contributed by atoms with Gasteiger partial charge >= 0.3 is 0 Å². The van der Waals surface area contributed by atoms with E-state index < -0.39 is 0 Å². The van der Waals surface area contributed by atoms with Crippen LogP contribution in [0, 0.1) is 0 Å². The third-order valence-electron chi connectivity index (χ3n) is 3.96. The summed E-state index contributed by atoms with van der Waals surface area (Å²) in [5.74, 6) is 0.691. The molecule has 5 heteroatoms. The minimum Gasteiger partial charge on any atom is -0.487 e. The van der Waals surface area contributed by atoms with Crippen molar-refractivity contribution >= 4 is 5.91 Å². The number of hydrogen-bond acceptors (Lipinski definition) is 3. The Bertz CT molecular complexity index is 632. The zero-order valence-electron chi connectivity index (χ0n) is 12.8. The van der Waals surface area contributed by atoms with Crippen molar-refractivity contribution in [2.75, 3.05) is 0 Å². The van der Waals surface area contributed by atoms with Crippen LogP contribution in [0.2, 0.25) is 0 Å². The van der Waals surface area contributed by atoms with E-state index in [9.17, 15) is 4.79 Å². The Hall–Kier alpha value is -2.30. The third kappa shape index (κ3) is 3.47. The van der Waals surface area contributed by atoms with Crippen molar-refractivity contribution in [1.82, 2.24) is 15.5 Å². The maximum absolute atomic E-state index is 12.2. The fraction of sp³-hybridized carbons (Fsp3) is 0.412. The average Bonchev–Trinajstić information content (AvgIpc) is 3.12. The van der Waals surface area contributed by atoms with Crippen LogP contribution in [-0.2, 0) is 6.61 Å². The molecule has 1 aromatic heterocycles. The highest BCUT2D eigenvalue weighted by atomic mass is 16.5.